The van der Waals surface area contributed by atoms with Crippen LogP contribution in [0.5, 0.6) is 5.75 Å². The van der Waals surface area contributed by atoms with Gasteiger partial charge in [0.2, 0.25) is 10.0 Å². The first-order valence-electron chi connectivity index (χ1n) is 7.86. The number of primary sulfonamides is 1. The van der Waals surface area contributed by atoms with E-state index in [4.69, 9.17) is 9.88 Å². The highest BCUT2D eigenvalue weighted by molar-refractivity contribution is 7.89. The molecular weight excluding hydrogens is 354 g/mol. The second-order valence-corrected chi connectivity index (χ2v) is 7.69. The van der Waals surface area contributed by atoms with E-state index in [-0.39, 0.29) is 22.1 Å². The van der Waals surface area contributed by atoms with E-state index in [0.717, 1.165) is 11.3 Å². The number of nitrogens with zero attached hydrogens (tertiary/aromatic N) is 2. The fourth-order valence-corrected chi connectivity index (χ4v) is 3.02. The molecule has 0 bridgehead atoms. The lowest BCUT2D eigenvalue weighted by Gasteiger charge is -2.20. The van der Waals surface area contributed by atoms with Crippen LogP contribution in [0.1, 0.15) is 15.9 Å². The molecule has 8 heteroatoms. The average Bonchev–Trinajstić information content (AvgIpc) is 2.60. The van der Waals surface area contributed by atoms with Crippen LogP contribution in [0.3, 0.4) is 0 Å². The Morgan fingerprint density at radius 3 is 2.19 bits per heavy atom. The summed E-state index contributed by atoms with van der Waals surface area (Å²) < 4.78 is 28.3. The van der Waals surface area contributed by atoms with Gasteiger partial charge in [0.1, 0.15) is 5.75 Å². The van der Waals surface area contributed by atoms with Crippen molar-refractivity contribution in [2.45, 2.75) is 11.4 Å². The third kappa shape index (κ3) is 4.53. The summed E-state index contributed by atoms with van der Waals surface area (Å²) in [5.41, 5.74) is 2.16. The first-order valence-corrected chi connectivity index (χ1v) is 9.40. The number of benzene rings is 2. The number of hydrogen-bond donors (Lipinski definition) is 1. The molecule has 2 rings (SSSR count). The standard InChI is InChI=1S/C18H23N3O4S/c1-20(2)14-7-5-13(6-8-14)12-21(3)18(22)16-11-15(26(19,23)24)9-10-17(16)25-4/h5-11H,12H2,1-4H3,(H2,19,23,24). The van der Waals surface area contributed by atoms with Crippen LogP contribution in [0.15, 0.2) is 47.4 Å². The Morgan fingerprint density at radius 1 is 1.08 bits per heavy atom. The smallest absolute Gasteiger partial charge is 0.257 e. The van der Waals surface area contributed by atoms with E-state index in [1.807, 2.05) is 43.3 Å². The van der Waals surface area contributed by atoms with Crippen molar-refractivity contribution in [1.29, 1.82) is 0 Å². The molecule has 2 N–H and O–H groups in total. The van der Waals surface area contributed by atoms with Gasteiger partial charge in [-0.3, -0.25) is 4.79 Å². The Labute approximate surface area is 154 Å². The fraction of sp³-hybridized carbons (Fsp3) is 0.278. The van der Waals surface area contributed by atoms with E-state index >= 15 is 0 Å². The maximum atomic E-state index is 12.8. The molecule has 26 heavy (non-hydrogen) atoms. The molecule has 0 aliphatic rings. The lowest BCUT2D eigenvalue weighted by atomic mass is 10.1. The number of anilines is 1. The highest BCUT2D eigenvalue weighted by atomic mass is 32.2. The number of carbonyl (C=O) groups is 1. The summed E-state index contributed by atoms with van der Waals surface area (Å²) >= 11 is 0. The molecule has 0 saturated carbocycles. The van der Waals surface area contributed by atoms with E-state index in [2.05, 4.69) is 0 Å². The monoisotopic (exact) mass is 377 g/mol. The van der Waals surface area contributed by atoms with Gasteiger partial charge in [-0.15, -0.1) is 0 Å². The van der Waals surface area contributed by atoms with Gasteiger partial charge in [-0.05, 0) is 35.9 Å². The molecule has 0 fully saturated rings. The van der Waals surface area contributed by atoms with Crippen LogP contribution < -0.4 is 14.8 Å². The molecule has 2 aromatic rings. The van der Waals surface area contributed by atoms with Gasteiger partial charge in [0.05, 0.1) is 17.6 Å². The number of amides is 1. The van der Waals surface area contributed by atoms with Crippen LogP contribution in [0.2, 0.25) is 0 Å². The highest BCUT2D eigenvalue weighted by Gasteiger charge is 2.20. The second kappa shape index (κ2) is 7.76. The molecule has 0 aromatic heterocycles. The van der Waals surface area contributed by atoms with Gasteiger partial charge < -0.3 is 14.5 Å². The summed E-state index contributed by atoms with van der Waals surface area (Å²) in [4.78, 5) is 16.1. The number of hydrogen-bond acceptors (Lipinski definition) is 5. The summed E-state index contributed by atoms with van der Waals surface area (Å²) in [5, 5.41) is 5.16. The summed E-state index contributed by atoms with van der Waals surface area (Å²) in [5.74, 6) is -0.0683. The third-order valence-electron chi connectivity index (χ3n) is 3.95. The summed E-state index contributed by atoms with van der Waals surface area (Å²) in [6.45, 7) is 0.370. The molecule has 1 amide bonds. The zero-order chi connectivity index (χ0) is 19.5. The predicted molar refractivity (Wildman–Crippen MR) is 101 cm³/mol. The van der Waals surface area contributed by atoms with Crippen LogP contribution in [-0.4, -0.2) is 47.5 Å². The molecule has 0 radical (unpaired) electrons. The van der Waals surface area contributed by atoms with E-state index in [9.17, 15) is 13.2 Å². The van der Waals surface area contributed by atoms with E-state index in [1.165, 1.54) is 30.2 Å². The minimum Gasteiger partial charge on any atom is -0.496 e. The van der Waals surface area contributed by atoms with Crippen LogP contribution in [0.25, 0.3) is 0 Å². The van der Waals surface area contributed by atoms with E-state index in [1.54, 1.807) is 7.05 Å². The Hall–Kier alpha value is -2.58. The van der Waals surface area contributed by atoms with E-state index < -0.39 is 10.0 Å². The van der Waals surface area contributed by atoms with Crippen molar-refractivity contribution in [2.24, 2.45) is 5.14 Å². The van der Waals surface area contributed by atoms with Gasteiger partial charge in [0, 0.05) is 33.4 Å². The lowest BCUT2D eigenvalue weighted by Crippen LogP contribution is -2.27. The number of carbonyl (C=O) groups excluding carboxylic acids is 1. The normalized spacial score (nSPS) is 11.1. The Bertz CT molecular complexity index is 893. The van der Waals surface area contributed by atoms with Crippen molar-refractivity contribution in [2.75, 3.05) is 33.2 Å². The maximum absolute atomic E-state index is 12.8. The van der Waals surface area contributed by atoms with Gasteiger partial charge in [-0.25, -0.2) is 13.6 Å². The van der Waals surface area contributed by atoms with Gasteiger partial charge in [-0.1, -0.05) is 12.1 Å². The molecule has 2 aromatic carbocycles. The Balaban J connectivity index is 2.27. The average molecular weight is 377 g/mol. The largest absolute Gasteiger partial charge is 0.496 e. The van der Waals surface area contributed by atoms with Crippen molar-refractivity contribution >= 4 is 21.6 Å². The van der Waals surface area contributed by atoms with Crippen LogP contribution in [0, 0.1) is 0 Å². The molecular formula is C18H23N3O4S. The zero-order valence-corrected chi connectivity index (χ0v) is 16.1. The van der Waals surface area contributed by atoms with Crippen LogP contribution >= 0.6 is 0 Å². The van der Waals surface area contributed by atoms with E-state index in [0.29, 0.717) is 6.54 Å². The first kappa shape index (κ1) is 19.7. The predicted octanol–water partition coefficient (Wildman–Crippen LogP) is 1.68. The number of nitrogens with two attached hydrogens (primary N) is 1. The Morgan fingerprint density at radius 2 is 1.69 bits per heavy atom. The zero-order valence-electron chi connectivity index (χ0n) is 15.3. The number of sulfonamides is 1. The molecule has 0 aliphatic heterocycles. The second-order valence-electron chi connectivity index (χ2n) is 6.13. The first-order chi connectivity index (χ1) is 12.1. The minimum atomic E-state index is -3.91. The quantitative estimate of drug-likeness (QED) is 0.827. The van der Waals surface area contributed by atoms with Gasteiger partial charge in [-0.2, -0.15) is 0 Å². The molecule has 0 spiro atoms. The topological polar surface area (TPSA) is 92.9 Å². The van der Waals surface area contributed by atoms with Crippen molar-refractivity contribution < 1.29 is 17.9 Å². The Kier molecular flexibility index (Phi) is 5.89. The summed E-state index contributed by atoms with van der Waals surface area (Å²) in [6.07, 6.45) is 0. The third-order valence-corrected chi connectivity index (χ3v) is 4.86. The van der Waals surface area contributed by atoms with Gasteiger partial charge in [0.25, 0.3) is 5.91 Å². The molecule has 0 saturated heterocycles. The van der Waals surface area contributed by atoms with Crippen molar-refractivity contribution in [3.63, 3.8) is 0 Å². The summed E-state index contributed by atoms with van der Waals surface area (Å²) in [7, 11) is 3.06. The number of ether oxygens (including phenoxy) is 1. The molecule has 0 atom stereocenters. The maximum Gasteiger partial charge on any atom is 0.257 e. The highest BCUT2D eigenvalue weighted by Crippen LogP contribution is 2.24. The van der Waals surface area contributed by atoms with Crippen LogP contribution in [-0.2, 0) is 16.6 Å². The van der Waals surface area contributed by atoms with Crippen molar-refractivity contribution in [3.05, 3.63) is 53.6 Å². The summed E-state index contributed by atoms with van der Waals surface area (Å²) in [6, 6.07) is 11.8. The number of rotatable bonds is 6. The molecule has 0 aliphatic carbocycles. The van der Waals surface area contributed by atoms with Crippen molar-refractivity contribution in [1.82, 2.24) is 4.90 Å². The molecule has 0 unspecified atom stereocenters. The molecule has 7 nitrogen and oxygen atoms in total. The SMILES string of the molecule is COc1ccc(S(N)(=O)=O)cc1C(=O)N(C)Cc1ccc(N(C)C)cc1. The molecule has 140 valence electrons. The van der Waals surface area contributed by atoms with Gasteiger partial charge in [0.15, 0.2) is 0 Å². The fourth-order valence-electron chi connectivity index (χ4n) is 2.48. The van der Waals surface area contributed by atoms with Crippen LogP contribution in [0.4, 0.5) is 5.69 Å². The van der Waals surface area contributed by atoms with Crippen molar-refractivity contribution in [3.8, 4) is 5.75 Å². The number of methoxy groups -OCH3 is 1. The molecule has 0 heterocycles. The van der Waals surface area contributed by atoms with Gasteiger partial charge >= 0.3 is 0 Å². The minimum absolute atomic E-state index is 0.134. The lowest BCUT2D eigenvalue weighted by molar-refractivity contribution is 0.0781.